The fraction of sp³-hybridized carbons (Fsp3) is 0.0435. The minimum atomic E-state index is -0.529. The molecule has 2 amide bonds. The Morgan fingerprint density at radius 3 is 2.50 bits per heavy atom. The summed E-state index contributed by atoms with van der Waals surface area (Å²) in [5.41, 5.74) is 7.91. The van der Waals surface area contributed by atoms with Crippen LogP contribution in [0.2, 0.25) is 0 Å². The van der Waals surface area contributed by atoms with E-state index in [1.165, 1.54) is 10.9 Å². The van der Waals surface area contributed by atoms with Gasteiger partial charge in [-0.2, -0.15) is 5.10 Å². The molecule has 0 radical (unpaired) electrons. The van der Waals surface area contributed by atoms with Crippen molar-refractivity contribution in [2.24, 2.45) is 0 Å². The number of hydrogen-bond acceptors (Lipinski definition) is 5. The molecule has 0 saturated heterocycles. The van der Waals surface area contributed by atoms with Gasteiger partial charge in [-0.15, -0.1) is 0 Å². The normalized spacial score (nSPS) is 10.9. The van der Waals surface area contributed by atoms with Crippen LogP contribution in [0.25, 0.3) is 22.8 Å². The molecule has 5 aromatic rings. The number of furan rings is 1. The van der Waals surface area contributed by atoms with Crippen molar-refractivity contribution in [2.75, 3.05) is 0 Å². The molecular weight excluding hydrogens is 408 g/mol. The molecule has 5 rings (SSSR count). The zero-order chi connectivity index (χ0) is 22.1. The van der Waals surface area contributed by atoms with Gasteiger partial charge in [-0.05, 0) is 43.3 Å². The van der Waals surface area contributed by atoms with E-state index in [9.17, 15) is 9.59 Å². The van der Waals surface area contributed by atoms with Crippen LogP contribution < -0.4 is 10.9 Å². The van der Waals surface area contributed by atoms with Crippen molar-refractivity contribution in [1.82, 2.24) is 30.0 Å². The van der Waals surface area contributed by atoms with Gasteiger partial charge in [-0.25, -0.2) is 9.67 Å². The molecule has 0 aliphatic rings. The van der Waals surface area contributed by atoms with Crippen LogP contribution >= 0.6 is 0 Å². The summed E-state index contributed by atoms with van der Waals surface area (Å²) in [7, 11) is 0. The van der Waals surface area contributed by atoms with E-state index < -0.39 is 11.8 Å². The lowest BCUT2D eigenvalue weighted by Gasteiger charge is -2.10. The summed E-state index contributed by atoms with van der Waals surface area (Å²) in [5.74, 6) is -0.482. The predicted octanol–water partition coefficient (Wildman–Crippen LogP) is 3.16. The molecule has 0 spiro atoms. The van der Waals surface area contributed by atoms with Gasteiger partial charge < -0.3 is 4.42 Å². The maximum Gasteiger partial charge on any atom is 0.288 e. The Labute approximate surface area is 182 Å². The summed E-state index contributed by atoms with van der Waals surface area (Å²) >= 11 is 0. The zero-order valence-electron chi connectivity index (χ0n) is 17.0. The molecule has 0 atom stereocenters. The van der Waals surface area contributed by atoms with E-state index in [4.69, 9.17) is 4.42 Å². The Morgan fingerprint density at radius 2 is 1.72 bits per heavy atom. The number of rotatable bonds is 4. The second-order valence-corrected chi connectivity index (χ2v) is 7.02. The number of aromatic nitrogens is 4. The average molecular weight is 426 g/mol. The van der Waals surface area contributed by atoms with Crippen molar-refractivity contribution in [3.05, 3.63) is 96.3 Å². The molecule has 0 aliphatic carbocycles. The third-order valence-electron chi connectivity index (χ3n) is 4.93. The summed E-state index contributed by atoms with van der Waals surface area (Å²) < 4.78 is 8.58. The molecule has 0 fully saturated rings. The number of hydrazine groups is 1. The lowest BCUT2D eigenvalue weighted by Crippen LogP contribution is -2.43. The number of imidazole rings is 1. The molecule has 158 valence electrons. The van der Waals surface area contributed by atoms with Crippen LogP contribution in [-0.2, 0) is 0 Å². The first kappa shape index (κ1) is 19.3. The van der Waals surface area contributed by atoms with Crippen LogP contribution in [0, 0.1) is 6.92 Å². The molecule has 9 heteroatoms. The fourth-order valence-electron chi connectivity index (χ4n) is 3.48. The van der Waals surface area contributed by atoms with Crippen molar-refractivity contribution in [3.8, 4) is 17.1 Å². The van der Waals surface area contributed by atoms with Gasteiger partial charge in [0.05, 0.1) is 17.6 Å². The van der Waals surface area contributed by atoms with Crippen molar-refractivity contribution < 1.29 is 14.0 Å². The van der Waals surface area contributed by atoms with Gasteiger partial charge in [0.15, 0.2) is 5.76 Å². The van der Waals surface area contributed by atoms with Gasteiger partial charge >= 0.3 is 0 Å². The largest absolute Gasteiger partial charge is 0.463 e. The molecule has 4 heterocycles. The lowest BCUT2D eigenvalue weighted by atomic mass is 10.3. The summed E-state index contributed by atoms with van der Waals surface area (Å²) in [4.78, 5) is 30.2. The van der Waals surface area contributed by atoms with E-state index in [0.717, 1.165) is 0 Å². The van der Waals surface area contributed by atoms with Crippen LogP contribution in [0.4, 0.5) is 0 Å². The van der Waals surface area contributed by atoms with Gasteiger partial charge in [-0.3, -0.25) is 24.8 Å². The van der Waals surface area contributed by atoms with Crippen LogP contribution in [0.1, 0.15) is 26.7 Å². The Morgan fingerprint density at radius 1 is 0.938 bits per heavy atom. The number of benzene rings is 1. The molecule has 0 bridgehead atoms. The first-order valence-electron chi connectivity index (χ1n) is 9.85. The highest BCUT2D eigenvalue weighted by Gasteiger charge is 2.21. The zero-order valence-corrected chi connectivity index (χ0v) is 17.0. The fourth-order valence-corrected chi connectivity index (χ4v) is 3.48. The Hall–Kier alpha value is -4.66. The molecule has 9 nitrogen and oxygen atoms in total. The van der Waals surface area contributed by atoms with Gasteiger partial charge in [0.1, 0.15) is 22.7 Å². The monoisotopic (exact) mass is 426 g/mol. The van der Waals surface area contributed by atoms with Crippen molar-refractivity contribution in [2.45, 2.75) is 6.92 Å². The second-order valence-electron chi connectivity index (χ2n) is 7.02. The molecule has 32 heavy (non-hydrogen) atoms. The van der Waals surface area contributed by atoms with Crippen LogP contribution in [0.15, 0.2) is 83.6 Å². The van der Waals surface area contributed by atoms with Gasteiger partial charge in [0, 0.05) is 12.3 Å². The standard InChI is InChI=1S/C23H18N6O3/c1-15-21(28-12-6-5-11-20(28)24-15)23(31)26-25-22(30)18-14-17(19-10-7-13-32-19)27-29(18)16-8-3-2-4-9-16/h2-14H,1H3,(H,25,30)(H,26,31). The Kier molecular flexibility index (Phi) is 4.75. The third kappa shape index (κ3) is 3.41. The number of fused-ring (bicyclic) bond motifs is 1. The van der Waals surface area contributed by atoms with Crippen LogP contribution in [-0.4, -0.2) is 31.0 Å². The topological polar surface area (TPSA) is 106 Å². The molecule has 2 N–H and O–H groups in total. The summed E-state index contributed by atoms with van der Waals surface area (Å²) in [6.07, 6.45) is 3.28. The molecular formula is C23H18N6O3. The highest BCUT2D eigenvalue weighted by Crippen LogP contribution is 2.22. The summed E-state index contributed by atoms with van der Waals surface area (Å²) in [6, 6.07) is 19.8. The minimum absolute atomic E-state index is 0.234. The van der Waals surface area contributed by atoms with Gasteiger partial charge in [0.2, 0.25) is 0 Å². The minimum Gasteiger partial charge on any atom is -0.463 e. The van der Waals surface area contributed by atoms with E-state index in [-0.39, 0.29) is 5.69 Å². The highest BCUT2D eigenvalue weighted by atomic mass is 16.3. The second kappa shape index (κ2) is 7.88. The quantitative estimate of drug-likeness (QED) is 0.430. The Balaban J connectivity index is 1.43. The molecule has 0 unspecified atom stereocenters. The van der Waals surface area contributed by atoms with Crippen molar-refractivity contribution >= 4 is 17.5 Å². The van der Waals surface area contributed by atoms with Gasteiger partial charge in [0.25, 0.3) is 11.8 Å². The number of carbonyl (C=O) groups excluding carboxylic acids is 2. The Bertz CT molecular complexity index is 1420. The molecule has 0 saturated carbocycles. The highest BCUT2D eigenvalue weighted by molar-refractivity contribution is 5.99. The van der Waals surface area contributed by atoms with Crippen molar-refractivity contribution in [1.29, 1.82) is 0 Å². The number of aryl methyl sites for hydroxylation is 1. The number of carbonyl (C=O) groups is 2. The molecule has 4 aromatic heterocycles. The van der Waals surface area contributed by atoms with E-state index in [0.29, 0.717) is 34.2 Å². The number of pyridine rings is 1. The van der Waals surface area contributed by atoms with E-state index in [1.807, 2.05) is 36.4 Å². The van der Waals surface area contributed by atoms with E-state index in [1.54, 1.807) is 47.9 Å². The number of nitrogens with zero attached hydrogens (tertiary/aromatic N) is 4. The first-order chi connectivity index (χ1) is 15.6. The maximum atomic E-state index is 13.0. The lowest BCUT2D eigenvalue weighted by molar-refractivity contribution is 0.0838. The summed E-state index contributed by atoms with van der Waals surface area (Å²) in [6.45, 7) is 1.74. The number of hydrogen-bond donors (Lipinski definition) is 2. The molecule has 1 aromatic carbocycles. The smallest absolute Gasteiger partial charge is 0.288 e. The summed E-state index contributed by atoms with van der Waals surface area (Å²) in [5, 5.41) is 4.51. The third-order valence-corrected chi connectivity index (χ3v) is 4.93. The van der Waals surface area contributed by atoms with Crippen LogP contribution in [0.3, 0.4) is 0 Å². The number of amides is 2. The number of para-hydroxylation sites is 1. The van der Waals surface area contributed by atoms with Crippen LogP contribution in [0.5, 0.6) is 0 Å². The molecule has 0 aliphatic heterocycles. The van der Waals surface area contributed by atoms with Crippen molar-refractivity contribution in [3.63, 3.8) is 0 Å². The SMILES string of the molecule is Cc1nc2ccccn2c1C(=O)NNC(=O)c1cc(-c2ccco2)nn1-c1ccccc1. The van der Waals surface area contributed by atoms with E-state index >= 15 is 0 Å². The first-order valence-corrected chi connectivity index (χ1v) is 9.85. The number of nitrogens with one attached hydrogen (secondary N) is 2. The maximum absolute atomic E-state index is 13.0. The average Bonchev–Trinajstić information content (AvgIpc) is 3.55. The van der Waals surface area contributed by atoms with Gasteiger partial charge in [-0.1, -0.05) is 24.3 Å². The predicted molar refractivity (Wildman–Crippen MR) is 116 cm³/mol. The van der Waals surface area contributed by atoms with E-state index in [2.05, 4.69) is 20.9 Å².